The van der Waals surface area contributed by atoms with E-state index in [0.717, 1.165) is 43.2 Å². The number of aromatic nitrogens is 2. The van der Waals surface area contributed by atoms with Gasteiger partial charge in [-0.15, -0.1) is 0 Å². The number of anilines is 4. The predicted molar refractivity (Wildman–Crippen MR) is 152 cm³/mol. The van der Waals surface area contributed by atoms with Gasteiger partial charge in [-0.05, 0) is 47.4 Å². The third-order valence-electron chi connectivity index (χ3n) is 6.96. The fraction of sp³-hybridized carbons (Fsp3) is 0.379. The van der Waals surface area contributed by atoms with Crippen LogP contribution in [0.4, 0.5) is 23.1 Å². The van der Waals surface area contributed by atoms with Gasteiger partial charge in [0, 0.05) is 43.1 Å². The Balaban J connectivity index is 1.56. The highest BCUT2D eigenvalue weighted by Gasteiger charge is 2.23. The molecule has 5 rings (SSSR count). The van der Waals surface area contributed by atoms with Gasteiger partial charge in [0.2, 0.25) is 0 Å². The summed E-state index contributed by atoms with van der Waals surface area (Å²) in [6, 6.07) is 15.2. The molecule has 2 aliphatic rings. The van der Waals surface area contributed by atoms with E-state index >= 15 is 0 Å². The smallest absolute Gasteiger partial charge is 0.354 e. The van der Waals surface area contributed by atoms with E-state index in [1.807, 2.05) is 56.3 Å². The van der Waals surface area contributed by atoms with Crippen molar-refractivity contribution in [3.8, 4) is 11.1 Å². The second-order valence-corrected chi connectivity index (χ2v) is 9.90. The summed E-state index contributed by atoms with van der Waals surface area (Å²) in [5.74, 6) is 0.383. The molecule has 0 aliphatic carbocycles. The van der Waals surface area contributed by atoms with Crippen LogP contribution in [0.15, 0.2) is 48.5 Å². The zero-order chi connectivity index (χ0) is 27.4. The van der Waals surface area contributed by atoms with Crippen LogP contribution in [0.1, 0.15) is 29.9 Å². The average molecular weight is 531 g/mol. The number of pyridine rings is 2. The van der Waals surface area contributed by atoms with Crippen molar-refractivity contribution in [2.45, 2.75) is 13.8 Å². The summed E-state index contributed by atoms with van der Waals surface area (Å²) in [6.07, 6.45) is 0. The topological polar surface area (TPSA) is 124 Å². The zero-order valence-electron chi connectivity index (χ0n) is 22.3. The summed E-state index contributed by atoms with van der Waals surface area (Å²) in [7, 11) is 0. The molecule has 0 atom stereocenters. The van der Waals surface area contributed by atoms with Crippen molar-refractivity contribution in [1.29, 1.82) is 5.41 Å². The Hall–Kier alpha value is -4.02. The molecule has 0 unspecified atom stereocenters. The molecular formula is C29H34N6O4. The highest BCUT2D eigenvalue weighted by Crippen LogP contribution is 2.34. The molecule has 10 nitrogen and oxygen atoms in total. The molecule has 3 N–H and O–H groups in total. The van der Waals surface area contributed by atoms with Crippen molar-refractivity contribution in [3.63, 3.8) is 0 Å². The van der Waals surface area contributed by atoms with Gasteiger partial charge in [0.15, 0.2) is 5.69 Å². The average Bonchev–Trinajstić information content (AvgIpc) is 2.97. The van der Waals surface area contributed by atoms with Crippen molar-refractivity contribution < 1.29 is 19.4 Å². The Labute approximate surface area is 228 Å². The van der Waals surface area contributed by atoms with E-state index in [9.17, 15) is 9.90 Å². The van der Waals surface area contributed by atoms with Crippen LogP contribution in [0, 0.1) is 11.3 Å². The molecule has 0 amide bonds. The minimum atomic E-state index is -1.14. The molecule has 0 spiro atoms. The van der Waals surface area contributed by atoms with Crippen LogP contribution in [-0.2, 0) is 9.47 Å². The van der Waals surface area contributed by atoms with Gasteiger partial charge in [-0.25, -0.2) is 14.8 Å². The number of aromatic carboxylic acids is 1. The lowest BCUT2D eigenvalue weighted by Crippen LogP contribution is -2.36. The monoisotopic (exact) mass is 530 g/mol. The Bertz CT molecular complexity index is 1330. The van der Waals surface area contributed by atoms with Gasteiger partial charge >= 0.3 is 5.97 Å². The normalized spacial score (nSPS) is 15.9. The van der Waals surface area contributed by atoms with Crippen molar-refractivity contribution in [2.75, 3.05) is 67.7 Å². The Morgan fingerprint density at radius 3 is 2.21 bits per heavy atom. The Morgan fingerprint density at radius 1 is 0.949 bits per heavy atom. The molecular weight excluding hydrogens is 496 g/mol. The first-order valence-corrected chi connectivity index (χ1v) is 13.3. The molecule has 2 fully saturated rings. The molecule has 204 valence electrons. The zero-order valence-corrected chi connectivity index (χ0v) is 22.3. The van der Waals surface area contributed by atoms with Crippen molar-refractivity contribution >= 4 is 34.8 Å². The van der Waals surface area contributed by atoms with Crippen LogP contribution in [0.3, 0.4) is 0 Å². The summed E-state index contributed by atoms with van der Waals surface area (Å²) in [6.45, 7) is 9.71. The lowest BCUT2D eigenvalue weighted by molar-refractivity contribution is 0.0690. The first-order chi connectivity index (χ1) is 18.9. The molecule has 0 saturated carbocycles. The van der Waals surface area contributed by atoms with Gasteiger partial charge in [-0.2, -0.15) is 0 Å². The largest absolute Gasteiger partial charge is 0.477 e. The number of ether oxygens (including phenoxy) is 2. The lowest BCUT2D eigenvalue weighted by Gasteiger charge is -2.29. The molecule has 39 heavy (non-hydrogen) atoms. The molecule has 2 saturated heterocycles. The Morgan fingerprint density at radius 2 is 1.59 bits per heavy atom. The number of carbonyl (C=O) groups is 1. The fourth-order valence-electron chi connectivity index (χ4n) is 4.79. The Kier molecular flexibility index (Phi) is 8.04. The van der Waals surface area contributed by atoms with Gasteiger partial charge in [-0.3, -0.25) is 0 Å². The second-order valence-electron chi connectivity index (χ2n) is 9.90. The number of nitrogens with zero attached hydrogens (tertiary/aromatic N) is 4. The summed E-state index contributed by atoms with van der Waals surface area (Å²) in [4.78, 5) is 25.7. The molecule has 4 heterocycles. The molecule has 1 aromatic carbocycles. The highest BCUT2D eigenvalue weighted by atomic mass is 16.5. The van der Waals surface area contributed by atoms with Crippen LogP contribution < -0.4 is 15.1 Å². The first kappa shape index (κ1) is 26.6. The molecule has 2 aliphatic heterocycles. The van der Waals surface area contributed by atoms with E-state index in [4.69, 9.17) is 19.9 Å². The molecule has 0 radical (unpaired) electrons. The second kappa shape index (κ2) is 11.8. The van der Waals surface area contributed by atoms with Gasteiger partial charge in [0.05, 0.1) is 26.4 Å². The third-order valence-corrected chi connectivity index (χ3v) is 6.96. The number of rotatable bonds is 8. The summed E-state index contributed by atoms with van der Waals surface area (Å²) in [5.41, 5.74) is 3.36. The predicted octanol–water partition coefficient (Wildman–Crippen LogP) is 4.28. The van der Waals surface area contributed by atoms with Gasteiger partial charge in [-0.1, -0.05) is 32.0 Å². The standard InChI is InChI=1S/C29H34N6O4/c1-19(2)27(30)26-22(20-6-8-21(9-7-20)34-10-14-38-15-11-34)18-23(29(36)37)31-28(26)33-24-4-3-5-25(32-24)35-12-16-39-17-13-35/h3-9,18-19,30H,10-17H2,1-2H3,(H,36,37)(H,31,32,33). The van der Waals surface area contributed by atoms with Crippen molar-refractivity contribution in [1.82, 2.24) is 9.97 Å². The summed E-state index contributed by atoms with van der Waals surface area (Å²) >= 11 is 0. The van der Waals surface area contributed by atoms with Crippen LogP contribution >= 0.6 is 0 Å². The third kappa shape index (κ3) is 6.02. The number of carboxylic acid groups (broad SMARTS) is 1. The van der Waals surface area contributed by atoms with E-state index in [1.165, 1.54) is 0 Å². The number of hydrogen-bond donors (Lipinski definition) is 3. The number of nitrogens with one attached hydrogen (secondary N) is 2. The molecule has 0 bridgehead atoms. The SMILES string of the molecule is CC(C)C(=N)c1c(-c2ccc(N3CCOCC3)cc2)cc(C(=O)O)nc1Nc1cccc(N2CCOCC2)n1. The fourth-order valence-corrected chi connectivity index (χ4v) is 4.79. The molecule has 2 aromatic heterocycles. The molecule has 3 aromatic rings. The number of morpholine rings is 2. The van der Waals surface area contributed by atoms with E-state index in [-0.39, 0.29) is 11.6 Å². The number of benzene rings is 1. The number of carboxylic acids is 1. The lowest BCUT2D eigenvalue weighted by atomic mass is 9.91. The van der Waals surface area contributed by atoms with Gasteiger partial charge in [0.25, 0.3) is 0 Å². The van der Waals surface area contributed by atoms with E-state index in [0.29, 0.717) is 54.9 Å². The summed E-state index contributed by atoms with van der Waals surface area (Å²) < 4.78 is 10.9. The minimum Gasteiger partial charge on any atom is -0.477 e. The van der Waals surface area contributed by atoms with E-state index < -0.39 is 5.97 Å². The quantitative estimate of drug-likeness (QED) is 0.366. The van der Waals surface area contributed by atoms with Gasteiger partial charge < -0.3 is 35.1 Å². The minimum absolute atomic E-state index is 0.102. The van der Waals surface area contributed by atoms with E-state index in [1.54, 1.807) is 6.07 Å². The maximum absolute atomic E-state index is 12.1. The van der Waals surface area contributed by atoms with Crippen LogP contribution in [0.25, 0.3) is 11.1 Å². The van der Waals surface area contributed by atoms with E-state index in [2.05, 4.69) is 20.1 Å². The van der Waals surface area contributed by atoms with Crippen molar-refractivity contribution in [2.24, 2.45) is 5.92 Å². The molecule has 10 heteroatoms. The van der Waals surface area contributed by atoms with Crippen LogP contribution in [0.2, 0.25) is 0 Å². The van der Waals surface area contributed by atoms with Gasteiger partial charge in [0.1, 0.15) is 17.5 Å². The van der Waals surface area contributed by atoms with Crippen LogP contribution in [0.5, 0.6) is 0 Å². The summed E-state index contributed by atoms with van der Waals surface area (Å²) in [5, 5.41) is 22.1. The maximum Gasteiger partial charge on any atom is 0.354 e. The maximum atomic E-state index is 12.1. The number of hydrogen-bond acceptors (Lipinski definition) is 9. The van der Waals surface area contributed by atoms with Crippen LogP contribution in [-0.4, -0.2) is 79.4 Å². The highest BCUT2D eigenvalue weighted by molar-refractivity contribution is 6.10. The first-order valence-electron chi connectivity index (χ1n) is 13.3. The van der Waals surface area contributed by atoms with Crippen molar-refractivity contribution in [3.05, 3.63) is 59.8 Å².